The van der Waals surface area contributed by atoms with Crippen molar-refractivity contribution in [3.63, 3.8) is 0 Å². The van der Waals surface area contributed by atoms with Gasteiger partial charge < -0.3 is 14.9 Å². The molecule has 1 aromatic rings. The van der Waals surface area contributed by atoms with E-state index < -0.39 is 18.2 Å². The molecule has 0 saturated carbocycles. The predicted octanol–water partition coefficient (Wildman–Crippen LogP) is 1.83. The highest BCUT2D eigenvalue weighted by Gasteiger charge is 2.48. The number of hydrogen-bond donors (Lipinski definition) is 3. The molecule has 9 heteroatoms. The smallest absolute Gasteiger partial charge is 0.325 e. The first-order chi connectivity index (χ1) is 13.9. The lowest BCUT2D eigenvalue weighted by molar-refractivity contribution is -0.127. The van der Waals surface area contributed by atoms with Gasteiger partial charge in [0, 0.05) is 13.6 Å². The molecule has 2 aliphatic heterocycles. The fourth-order valence-electron chi connectivity index (χ4n) is 3.47. The molecule has 0 aromatic heterocycles. The summed E-state index contributed by atoms with van der Waals surface area (Å²) >= 11 is 0. The number of amides is 3. The summed E-state index contributed by atoms with van der Waals surface area (Å²) < 4.78 is 0. The van der Waals surface area contributed by atoms with Crippen molar-refractivity contribution in [3.05, 3.63) is 29.8 Å². The number of hydrazone groups is 1. The highest BCUT2D eigenvalue weighted by molar-refractivity contribution is 6.04. The molecule has 1 saturated heterocycles. The summed E-state index contributed by atoms with van der Waals surface area (Å²) in [5, 5.41) is 16.2. The highest BCUT2D eigenvalue weighted by atomic mass is 16.3. The van der Waals surface area contributed by atoms with Gasteiger partial charge in [-0.15, -0.1) is 0 Å². The number of nitrogens with zero attached hydrogens (tertiary/aromatic N) is 4. The lowest BCUT2D eigenvalue weighted by Gasteiger charge is -2.36. The Morgan fingerprint density at radius 2 is 1.97 bits per heavy atom. The predicted molar refractivity (Wildman–Crippen MR) is 111 cm³/mol. The number of unbranched alkanes of at least 4 members (excludes halogenated alkanes) is 3. The van der Waals surface area contributed by atoms with Crippen molar-refractivity contribution in [2.45, 2.75) is 51.7 Å². The van der Waals surface area contributed by atoms with E-state index in [0.717, 1.165) is 31.2 Å². The second kappa shape index (κ2) is 8.93. The molecule has 0 spiro atoms. The van der Waals surface area contributed by atoms with E-state index in [0.29, 0.717) is 18.2 Å². The Bertz CT molecular complexity index is 820. The second-order valence-corrected chi connectivity index (χ2v) is 7.33. The van der Waals surface area contributed by atoms with E-state index in [-0.39, 0.29) is 11.7 Å². The molecule has 3 rings (SSSR count). The molecule has 29 heavy (non-hydrogen) atoms. The van der Waals surface area contributed by atoms with Crippen LogP contribution in [0.25, 0.3) is 0 Å². The number of rotatable bonds is 7. The number of fused-ring (bicyclic) bond motifs is 1. The number of nitrogens with one attached hydrogen (secondary N) is 2. The number of aliphatic imine (C=N–C) groups is 1. The molecule has 2 aliphatic rings. The Balaban J connectivity index is 1.79. The van der Waals surface area contributed by atoms with E-state index in [1.807, 2.05) is 11.8 Å². The zero-order chi connectivity index (χ0) is 21.0. The maximum absolute atomic E-state index is 12.5. The van der Waals surface area contributed by atoms with Crippen LogP contribution >= 0.6 is 0 Å². The number of aromatic hydroxyl groups is 1. The SMILES string of the molecule is CCCCCCN1C(N/N=C(/C)c2ccc(O)cc2)=NC2C1C(=O)NC(=O)N2C. The third-order valence-corrected chi connectivity index (χ3v) is 5.22. The summed E-state index contributed by atoms with van der Waals surface area (Å²) in [4.78, 5) is 32.4. The van der Waals surface area contributed by atoms with Gasteiger partial charge in [-0.3, -0.25) is 10.1 Å². The Labute approximate surface area is 170 Å². The molecule has 9 nitrogen and oxygen atoms in total. The molecule has 0 bridgehead atoms. The number of imide groups is 1. The van der Waals surface area contributed by atoms with Gasteiger partial charge in [-0.25, -0.2) is 15.2 Å². The lowest BCUT2D eigenvalue weighted by Crippen LogP contribution is -2.64. The van der Waals surface area contributed by atoms with Gasteiger partial charge in [-0.2, -0.15) is 5.10 Å². The van der Waals surface area contributed by atoms with Crippen molar-refractivity contribution >= 4 is 23.6 Å². The monoisotopic (exact) mass is 400 g/mol. The normalized spacial score (nSPS) is 21.8. The molecule has 2 atom stereocenters. The van der Waals surface area contributed by atoms with E-state index in [4.69, 9.17) is 0 Å². The molecule has 0 radical (unpaired) electrons. The van der Waals surface area contributed by atoms with Crippen molar-refractivity contribution in [3.8, 4) is 5.75 Å². The summed E-state index contributed by atoms with van der Waals surface area (Å²) in [6.07, 6.45) is 3.66. The maximum atomic E-state index is 12.5. The first-order valence-electron chi connectivity index (χ1n) is 9.94. The summed E-state index contributed by atoms with van der Waals surface area (Å²) in [5.74, 6) is 0.329. The van der Waals surface area contributed by atoms with Gasteiger partial charge >= 0.3 is 6.03 Å². The highest BCUT2D eigenvalue weighted by Crippen LogP contribution is 2.24. The molecule has 1 fully saturated rings. The van der Waals surface area contributed by atoms with Crippen molar-refractivity contribution < 1.29 is 14.7 Å². The number of phenols is 1. The Hall–Kier alpha value is -3.10. The van der Waals surface area contributed by atoms with Crippen LogP contribution in [0.15, 0.2) is 34.4 Å². The summed E-state index contributed by atoms with van der Waals surface area (Å²) in [6, 6.07) is 5.73. The largest absolute Gasteiger partial charge is 0.508 e. The van der Waals surface area contributed by atoms with Crippen LogP contribution in [-0.2, 0) is 4.79 Å². The minimum absolute atomic E-state index is 0.190. The van der Waals surface area contributed by atoms with Crippen molar-refractivity contribution in [1.82, 2.24) is 20.5 Å². The molecule has 1 aromatic carbocycles. The average Bonchev–Trinajstić information content (AvgIpc) is 3.07. The Morgan fingerprint density at radius 3 is 2.66 bits per heavy atom. The van der Waals surface area contributed by atoms with Crippen molar-refractivity contribution in [1.29, 1.82) is 0 Å². The molecule has 3 amide bonds. The van der Waals surface area contributed by atoms with Crippen LogP contribution in [-0.4, -0.2) is 64.3 Å². The first-order valence-corrected chi connectivity index (χ1v) is 9.94. The summed E-state index contributed by atoms with van der Waals surface area (Å²) in [5.41, 5.74) is 4.54. The van der Waals surface area contributed by atoms with Gasteiger partial charge in [0.1, 0.15) is 5.75 Å². The lowest BCUT2D eigenvalue weighted by atomic mass is 10.1. The summed E-state index contributed by atoms with van der Waals surface area (Å²) in [7, 11) is 1.63. The first kappa shape index (κ1) is 20.6. The number of phenolic OH excluding ortho intramolecular Hbond substituents is 1. The zero-order valence-corrected chi connectivity index (χ0v) is 17.1. The number of carbonyl (C=O) groups is 2. The van der Waals surface area contributed by atoms with E-state index in [9.17, 15) is 14.7 Å². The van der Waals surface area contributed by atoms with Crippen molar-refractivity contribution in [2.75, 3.05) is 13.6 Å². The molecule has 2 unspecified atom stereocenters. The van der Waals surface area contributed by atoms with Crippen LogP contribution in [0, 0.1) is 0 Å². The van der Waals surface area contributed by atoms with Gasteiger partial charge in [-0.1, -0.05) is 26.2 Å². The van der Waals surface area contributed by atoms with Crippen LogP contribution in [0.1, 0.15) is 45.1 Å². The topological polar surface area (TPSA) is 110 Å². The number of carbonyl (C=O) groups excluding carboxylic acids is 2. The second-order valence-electron chi connectivity index (χ2n) is 7.33. The zero-order valence-electron chi connectivity index (χ0n) is 17.1. The fourth-order valence-corrected chi connectivity index (χ4v) is 3.47. The molecule has 0 aliphatic carbocycles. The van der Waals surface area contributed by atoms with E-state index in [1.165, 1.54) is 4.90 Å². The van der Waals surface area contributed by atoms with E-state index in [1.54, 1.807) is 31.3 Å². The van der Waals surface area contributed by atoms with Gasteiger partial charge in [0.25, 0.3) is 5.91 Å². The minimum Gasteiger partial charge on any atom is -0.508 e. The Morgan fingerprint density at radius 1 is 1.24 bits per heavy atom. The van der Waals surface area contributed by atoms with Crippen LogP contribution in [0.5, 0.6) is 5.75 Å². The quantitative estimate of drug-likeness (QED) is 0.368. The summed E-state index contributed by atoms with van der Waals surface area (Å²) in [6.45, 7) is 4.64. The Kier molecular flexibility index (Phi) is 6.36. The molecule has 3 N–H and O–H groups in total. The third kappa shape index (κ3) is 4.49. The van der Waals surface area contributed by atoms with E-state index >= 15 is 0 Å². The van der Waals surface area contributed by atoms with Gasteiger partial charge in [-0.05, 0) is 43.2 Å². The number of likely N-dealkylation sites (N-methyl/N-ethyl adjacent to an activating group) is 1. The minimum atomic E-state index is -0.575. The van der Waals surface area contributed by atoms with Crippen LogP contribution in [0.4, 0.5) is 4.79 Å². The van der Waals surface area contributed by atoms with Gasteiger partial charge in [0.05, 0.1) is 5.71 Å². The molecular weight excluding hydrogens is 372 g/mol. The number of urea groups is 1. The van der Waals surface area contributed by atoms with Crippen LogP contribution in [0.2, 0.25) is 0 Å². The maximum Gasteiger partial charge on any atom is 0.325 e. The molecule has 156 valence electrons. The van der Waals surface area contributed by atoms with Crippen LogP contribution in [0.3, 0.4) is 0 Å². The third-order valence-electron chi connectivity index (χ3n) is 5.22. The molecular formula is C20H28N6O3. The van der Waals surface area contributed by atoms with Gasteiger partial charge in [0.15, 0.2) is 12.2 Å². The number of guanidine groups is 1. The number of hydrogen-bond acceptors (Lipinski definition) is 7. The average molecular weight is 400 g/mol. The van der Waals surface area contributed by atoms with Crippen molar-refractivity contribution in [2.24, 2.45) is 10.1 Å². The standard InChI is InChI=1S/C20H28N6O3/c1-4-5-6-7-12-26-16-17(25(3)20(29)22-18(16)28)21-19(26)24-23-13(2)14-8-10-15(27)11-9-14/h8-11,16-17,27H,4-7,12H2,1-3H3,(H,21,24)(H,22,28,29)/b23-13-. The van der Waals surface area contributed by atoms with Gasteiger partial charge in [0.2, 0.25) is 5.96 Å². The fraction of sp³-hybridized carbons (Fsp3) is 0.500. The number of benzene rings is 1. The van der Waals surface area contributed by atoms with Crippen LogP contribution < -0.4 is 10.7 Å². The molecule has 2 heterocycles. The van der Waals surface area contributed by atoms with E-state index in [2.05, 4.69) is 27.8 Å².